The molecule has 2 aromatic heterocycles. The first-order valence-corrected chi connectivity index (χ1v) is 8.71. The van der Waals surface area contributed by atoms with Crippen LogP contribution in [0.3, 0.4) is 0 Å². The number of aromatic nitrogens is 3. The van der Waals surface area contributed by atoms with Crippen molar-refractivity contribution in [1.29, 1.82) is 0 Å². The maximum Gasteiger partial charge on any atom is 0.416 e. The standard InChI is InChI=1S/C20H20F3N5/c1-14-12-18(28(2)11-8-15-6-9-24-10-7-15)27-19(25-14)26-17-5-3-4-16(13-17)20(21,22)23/h3-7,9-10,12-13H,8,11H2,1-2H3,(H,25,26,27). The number of aryl methyl sites for hydroxylation is 1. The largest absolute Gasteiger partial charge is 0.416 e. The van der Waals surface area contributed by atoms with Crippen LogP contribution < -0.4 is 10.2 Å². The predicted octanol–water partition coefficient (Wildman–Crippen LogP) is 4.62. The van der Waals surface area contributed by atoms with Crippen molar-refractivity contribution in [3.05, 3.63) is 71.7 Å². The molecule has 5 nitrogen and oxygen atoms in total. The summed E-state index contributed by atoms with van der Waals surface area (Å²) in [6, 6.07) is 10.7. The Labute approximate surface area is 161 Å². The molecule has 0 spiro atoms. The Morgan fingerprint density at radius 1 is 1.04 bits per heavy atom. The Morgan fingerprint density at radius 3 is 2.50 bits per heavy atom. The topological polar surface area (TPSA) is 53.9 Å². The summed E-state index contributed by atoms with van der Waals surface area (Å²) < 4.78 is 38.7. The van der Waals surface area contributed by atoms with Gasteiger partial charge in [-0.1, -0.05) is 6.07 Å². The minimum absolute atomic E-state index is 0.255. The van der Waals surface area contributed by atoms with Gasteiger partial charge in [-0.25, -0.2) is 4.98 Å². The number of benzene rings is 1. The van der Waals surface area contributed by atoms with Gasteiger partial charge in [0.25, 0.3) is 0 Å². The zero-order chi connectivity index (χ0) is 20.1. The van der Waals surface area contributed by atoms with E-state index in [1.54, 1.807) is 18.5 Å². The van der Waals surface area contributed by atoms with Gasteiger partial charge < -0.3 is 10.2 Å². The van der Waals surface area contributed by atoms with E-state index in [0.717, 1.165) is 36.4 Å². The average Bonchev–Trinajstić information content (AvgIpc) is 2.66. The van der Waals surface area contributed by atoms with E-state index in [1.807, 2.05) is 37.1 Å². The van der Waals surface area contributed by atoms with Crippen LogP contribution in [0.25, 0.3) is 0 Å². The molecule has 0 fully saturated rings. The van der Waals surface area contributed by atoms with E-state index in [1.165, 1.54) is 6.07 Å². The number of rotatable bonds is 6. The van der Waals surface area contributed by atoms with E-state index in [2.05, 4.69) is 20.3 Å². The van der Waals surface area contributed by atoms with Gasteiger partial charge in [-0.05, 0) is 49.2 Å². The third kappa shape index (κ3) is 5.18. The van der Waals surface area contributed by atoms with Crippen LogP contribution in [0, 0.1) is 6.92 Å². The maximum atomic E-state index is 12.9. The second-order valence-corrected chi connectivity index (χ2v) is 6.42. The van der Waals surface area contributed by atoms with E-state index in [9.17, 15) is 13.2 Å². The van der Waals surface area contributed by atoms with Gasteiger partial charge >= 0.3 is 6.18 Å². The number of likely N-dealkylation sites (N-methyl/N-ethyl adjacent to an activating group) is 1. The number of hydrogen-bond donors (Lipinski definition) is 1. The first-order valence-electron chi connectivity index (χ1n) is 8.71. The molecule has 2 heterocycles. The van der Waals surface area contributed by atoms with E-state index < -0.39 is 11.7 Å². The average molecular weight is 387 g/mol. The molecule has 0 saturated carbocycles. The zero-order valence-electron chi connectivity index (χ0n) is 15.5. The van der Waals surface area contributed by atoms with Crippen LogP contribution >= 0.6 is 0 Å². The van der Waals surface area contributed by atoms with Crippen molar-refractivity contribution < 1.29 is 13.2 Å². The molecule has 0 aliphatic heterocycles. The Bertz CT molecular complexity index is 929. The molecule has 8 heteroatoms. The minimum Gasteiger partial charge on any atom is -0.359 e. The molecule has 0 amide bonds. The van der Waals surface area contributed by atoms with Crippen molar-refractivity contribution in [3.8, 4) is 0 Å². The lowest BCUT2D eigenvalue weighted by Crippen LogP contribution is -2.22. The first-order chi connectivity index (χ1) is 13.3. The van der Waals surface area contributed by atoms with E-state index in [-0.39, 0.29) is 11.6 Å². The van der Waals surface area contributed by atoms with Gasteiger partial charge in [0.1, 0.15) is 5.82 Å². The highest BCUT2D eigenvalue weighted by molar-refractivity contribution is 5.57. The molecule has 0 saturated heterocycles. The molecule has 0 radical (unpaired) electrons. The SMILES string of the molecule is Cc1cc(N(C)CCc2ccncc2)nc(Nc2cccc(C(F)(F)F)c2)n1. The third-order valence-electron chi connectivity index (χ3n) is 4.16. The summed E-state index contributed by atoms with van der Waals surface area (Å²) in [6.07, 6.45) is -0.0789. The van der Waals surface area contributed by atoms with Crippen molar-refractivity contribution >= 4 is 17.5 Å². The highest BCUT2D eigenvalue weighted by atomic mass is 19.4. The molecule has 0 aliphatic carbocycles. The second kappa shape index (κ2) is 8.24. The van der Waals surface area contributed by atoms with Crippen LogP contribution in [0.15, 0.2) is 54.9 Å². The van der Waals surface area contributed by atoms with Crippen molar-refractivity contribution in [1.82, 2.24) is 15.0 Å². The highest BCUT2D eigenvalue weighted by Gasteiger charge is 2.30. The second-order valence-electron chi connectivity index (χ2n) is 6.42. The Hall–Kier alpha value is -3.16. The number of nitrogens with zero attached hydrogens (tertiary/aromatic N) is 4. The third-order valence-corrected chi connectivity index (χ3v) is 4.16. The minimum atomic E-state index is -4.40. The number of halogens is 3. The smallest absolute Gasteiger partial charge is 0.359 e. The number of alkyl halides is 3. The first kappa shape index (κ1) is 19.6. The molecule has 0 aliphatic rings. The summed E-state index contributed by atoms with van der Waals surface area (Å²) in [5.41, 5.74) is 1.44. The van der Waals surface area contributed by atoms with Gasteiger partial charge in [0.05, 0.1) is 5.56 Å². The lowest BCUT2D eigenvalue weighted by molar-refractivity contribution is -0.137. The fourth-order valence-electron chi connectivity index (χ4n) is 2.67. The van der Waals surface area contributed by atoms with Crippen molar-refractivity contribution in [2.24, 2.45) is 0 Å². The maximum absolute atomic E-state index is 12.9. The lowest BCUT2D eigenvalue weighted by atomic mass is 10.2. The molecule has 0 unspecified atom stereocenters. The lowest BCUT2D eigenvalue weighted by Gasteiger charge is -2.19. The molecule has 146 valence electrons. The summed E-state index contributed by atoms with van der Waals surface area (Å²) in [7, 11) is 1.91. The molecular formula is C20H20F3N5. The molecule has 1 aromatic carbocycles. The molecule has 0 atom stereocenters. The summed E-state index contributed by atoms with van der Waals surface area (Å²) in [5.74, 6) is 0.945. The monoisotopic (exact) mass is 387 g/mol. The summed E-state index contributed by atoms with van der Waals surface area (Å²) >= 11 is 0. The van der Waals surface area contributed by atoms with E-state index >= 15 is 0 Å². The van der Waals surface area contributed by atoms with E-state index in [4.69, 9.17) is 0 Å². The quantitative estimate of drug-likeness (QED) is 0.669. The molecular weight excluding hydrogens is 367 g/mol. The van der Waals surface area contributed by atoms with Gasteiger partial charge in [0, 0.05) is 43.4 Å². The zero-order valence-corrected chi connectivity index (χ0v) is 15.5. The molecule has 28 heavy (non-hydrogen) atoms. The number of pyridine rings is 1. The summed E-state index contributed by atoms with van der Waals surface area (Å²) in [4.78, 5) is 14.7. The highest BCUT2D eigenvalue weighted by Crippen LogP contribution is 2.31. The van der Waals surface area contributed by atoms with Crippen LogP contribution in [0.5, 0.6) is 0 Å². The van der Waals surface area contributed by atoms with Crippen LogP contribution in [0.2, 0.25) is 0 Å². The van der Waals surface area contributed by atoms with Gasteiger partial charge in [-0.2, -0.15) is 18.2 Å². The number of anilines is 3. The van der Waals surface area contributed by atoms with Crippen LogP contribution in [-0.4, -0.2) is 28.5 Å². The van der Waals surface area contributed by atoms with Gasteiger partial charge in [-0.15, -0.1) is 0 Å². The Morgan fingerprint density at radius 2 is 1.79 bits per heavy atom. The Kier molecular flexibility index (Phi) is 5.77. The fourth-order valence-corrected chi connectivity index (χ4v) is 2.67. The van der Waals surface area contributed by atoms with Crippen molar-refractivity contribution in [3.63, 3.8) is 0 Å². The molecule has 0 bridgehead atoms. The Balaban J connectivity index is 1.74. The van der Waals surface area contributed by atoms with Crippen LogP contribution in [0.1, 0.15) is 16.8 Å². The van der Waals surface area contributed by atoms with Crippen LogP contribution in [-0.2, 0) is 12.6 Å². The summed E-state index contributed by atoms with van der Waals surface area (Å²) in [6.45, 7) is 2.54. The van der Waals surface area contributed by atoms with Crippen molar-refractivity contribution in [2.45, 2.75) is 19.5 Å². The van der Waals surface area contributed by atoms with Gasteiger partial charge in [0.15, 0.2) is 0 Å². The van der Waals surface area contributed by atoms with Crippen molar-refractivity contribution in [2.75, 3.05) is 23.8 Å². The fraction of sp³-hybridized carbons (Fsp3) is 0.250. The summed E-state index contributed by atoms with van der Waals surface area (Å²) in [5, 5.41) is 2.87. The molecule has 1 N–H and O–H groups in total. The number of nitrogens with one attached hydrogen (secondary N) is 1. The number of hydrogen-bond acceptors (Lipinski definition) is 5. The van der Waals surface area contributed by atoms with Crippen LogP contribution in [0.4, 0.5) is 30.6 Å². The normalized spacial score (nSPS) is 11.3. The van der Waals surface area contributed by atoms with E-state index in [0.29, 0.717) is 5.82 Å². The molecule has 3 rings (SSSR count). The van der Waals surface area contributed by atoms with Gasteiger partial charge in [0.2, 0.25) is 5.95 Å². The van der Waals surface area contributed by atoms with Gasteiger partial charge in [-0.3, -0.25) is 4.98 Å². The molecule has 3 aromatic rings. The predicted molar refractivity (Wildman–Crippen MR) is 103 cm³/mol.